The van der Waals surface area contributed by atoms with Crippen LogP contribution in [0.2, 0.25) is 0 Å². The first-order valence-corrected chi connectivity index (χ1v) is 17.7. The van der Waals surface area contributed by atoms with E-state index in [2.05, 4.69) is 21.3 Å². The number of methoxy groups -OCH3 is 1. The molecule has 9 atom stereocenters. The fourth-order valence-corrected chi connectivity index (χ4v) is 6.58. The topological polar surface area (TPSA) is 209 Å². The second kappa shape index (κ2) is 18.8. The molecule has 2 bridgehead atoms. The summed E-state index contributed by atoms with van der Waals surface area (Å²) in [5, 5.41) is 11.1. The van der Waals surface area contributed by atoms with E-state index in [1.165, 1.54) is 23.8 Å². The van der Waals surface area contributed by atoms with Crippen LogP contribution >= 0.6 is 0 Å². The van der Waals surface area contributed by atoms with Crippen LogP contribution in [0.3, 0.4) is 0 Å². The average Bonchev–Trinajstić information content (AvgIpc) is 3.05. The van der Waals surface area contributed by atoms with Gasteiger partial charge in [0, 0.05) is 6.54 Å². The molecule has 282 valence electrons. The van der Waals surface area contributed by atoms with Gasteiger partial charge >= 0.3 is 5.97 Å². The fraction of sp³-hybridized carbons (Fsp3) is 0.743. The molecule has 15 heteroatoms. The summed E-state index contributed by atoms with van der Waals surface area (Å²) in [5.41, 5.74) is 6.05. The number of esters is 1. The third-order valence-electron chi connectivity index (χ3n) is 9.33. The highest BCUT2D eigenvalue weighted by atomic mass is 16.5. The first-order chi connectivity index (χ1) is 23.4. The van der Waals surface area contributed by atoms with E-state index in [-0.39, 0.29) is 25.3 Å². The predicted octanol–water partition coefficient (Wildman–Crippen LogP) is 0.360. The third kappa shape index (κ3) is 10.5. The molecule has 15 nitrogen and oxygen atoms in total. The van der Waals surface area contributed by atoms with Crippen molar-refractivity contribution in [3.63, 3.8) is 0 Å². The van der Waals surface area contributed by atoms with Crippen LogP contribution in [0.5, 0.6) is 0 Å². The molecule has 6 amide bonds. The Morgan fingerprint density at radius 2 is 1.64 bits per heavy atom. The Kier molecular flexibility index (Phi) is 15.9. The molecule has 9 unspecified atom stereocenters. The monoisotopic (exact) mass is 705 g/mol. The van der Waals surface area contributed by atoms with E-state index in [4.69, 9.17) is 10.5 Å². The van der Waals surface area contributed by atoms with Crippen molar-refractivity contribution < 1.29 is 38.3 Å². The van der Waals surface area contributed by atoms with Gasteiger partial charge in [0.25, 0.3) is 0 Å². The third-order valence-corrected chi connectivity index (χ3v) is 9.33. The Morgan fingerprint density at radius 1 is 1.00 bits per heavy atom. The predicted molar refractivity (Wildman–Crippen MR) is 187 cm³/mol. The maximum atomic E-state index is 14.3. The van der Waals surface area contributed by atoms with Gasteiger partial charge in [-0.3, -0.25) is 28.8 Å². The van der Waals surface area contributed by atoms with E-state index < -0.39 is 102 Å². The molecule has 2 aliphatic heterocycles. The largest absolute Gasteiger partial charge is 0.467 e. The first-order valence-electron chi connectivity index (χ1n) is 17.7. The molecule has 2 rings (SSSR count). The molecule has 0 aromatic carbocycles. The highest BCUT2D eigenvalue weighted by Crippen LogP contribution is 2.27. The van der Waals surface area contributed by atoms with Crippen LogP contribution < -0.4 is 27.0 Å². The number of nitrogens with zero attached hydrogens (tertiary/aromatic N) is 2. The lowest BCUT2D eigenvalue weighted by Crippen LogP contribution is -2.70. The summed E-state index contributed by atoms with van der Waals surface area (Å²) in [6.07, 6.45) is 4.68. The van der Waals surface area contributed by atoms with Gasteiger partial charge in [-0.1, -0.05) is 53.7 Å². The van der Waals surface area contributed by atoms with E-state index in [0.717, 1.165) is 0 Å². The zero-order valence-corrected chi connectivity index (χ0v) is 31.3. The van der Waals surface area contributed by atoms with Crippen molar-refractivity contribution in [2.75, 3.05) is 13.7 Å². The summed E-state index contributed by atoms with van der Waals surface area (Å²) in [7, 11) is 1.22. The number of piperidine rings is 1. The highest BCUT2D eigenvalue weighted by molar-refractivity contribution is 5.98. The molecule has 0 spiro atoms. The standard InChI is InChI=1S/C35H59N7O8/c1-11-13-14-20(7)27(31(45)37-24(12-2)35(49)50-10)40-32(46)28(19(5)6)41-17-23-16-26(34(41)48)39-30(44)25(15-18(3)4)38-29(43)22(9)42(23)33(47)21(8)36/h11,13,18-28H,12,14-17,36H2,1-10H3,(H,37,45)(H,38,43)(H,39,44)(H,40,46). The molecule has 2 fully saturated rings. The lowest BCUT2D eigenvalue weighted by molar-refractivity contribution is -0.157. The van der Waals surface area contributed by atoms with Gasteiger partial charge in [0.1, 0.15) is 36.3 Å². The average molecular weight is 706 g/mol. The van der Waals surface area contributed by atoms with E-state index in [1.54, 1.807) is 34.6 Å². The molecule has 2 aliphatic rings. The Morgan fingerprint density at radius 3 is 2.16 bits per heavy atom. The number of allylic oxidation sites excluding steroid dienone is 2. The van der Waals surface area contributed by atoms with Gasteiger partial charge in [-0.05, 0) is 64.2 Å². The van der Waals surface area contributed by atoms with Crippen LogP contribution in [0.4, 0.5) is 0 Å². The van der Waals surface area contributed by atoms with E-state index >= 15 is 0 Å². The summed E-state index contributed by atoms with van der Waals surface area (Å²) in [6, 6.07) is -8.04. The number of carbonyl (C=O) groups is 7. The molecule has 2 saturated heterocycles. The molecule has 0 aliphatic carbocycles. The summed E-state index contributed by atoms with van der Waals surface area (Å²) in [5.74, 6) is -4.84. The smallest absolute Gasteiger partial charge is 0.328 e. The Labute approximate surface area is 296 Å². The van der Waals surface area contributed by atoms with Crippen molar-refractivity contribution in [1.82, 2.24) is 31.1 Å². The van der Waals surface area contributed by atoms with Gasteiger partial charge in [0.15, 0.2) is 0 Å². The molecule has 0 saturated carbocycles. The normalized spacial score (nSPS) is 24.5. The Hall–Kier alpha value is -4.01. The summed E-state index contributed by atoms with van der Waals surface area (Å²) in [6.45, 7) is 15.6. The molecule has 6 N–H and O–H groups in total. The Balaban J connectivity index is 2.61. The zero-order chi connectivity index (χ0) is 38.0. The number of carbonyl (C=O) groups excluding carboxylic acids is 7. The lowest BCUT2D eigenvalue weighted by atomic mass is 9.90. The van der Waals surface area contributed by atoms with Gasteiger partial charge in [0.2, 0.25) is 35.4 Å². The minimum atomic E-state index is -1.14. The van der Waals surface area contributed by atoms with Crippen molar-refractivity contribution in [3.8, 4) is 0 Å². The number of rotatable bonds is 14. The van der Waals surface area contributed by atoms with Crippen LogP contribution in [0.1, 0.15) is 88.0 Å². The molecule has 0 aromatic rings. The van der Waals surface area contributed by atoms with Crippen LogP contribution in [0, 0.1) is 17.8 Å². The maximum Gasteiger partial charge on any atom is 0.328 e. The number of ether oxygens (including phenoxy) is 1. The maximum absolute atomic E-state index is 14.3. The van der Waals surface area contributed by atoms with Crippen LogP contribution in [0.25, 0.3) is 0 Å². The van der Waals surface area contributed by atoms with Crippen molar-refractivity contribution in [2.45, 2.75) is 136 Å². The van der Waals surface area contributed by atoms with E-state index in [0.29, 0.717) is 12.8 Å². The summed E-state index contributed by atoms with van der Waals surface area (Å²) < 4.78 is 4.82. The summed E-state index contributed by atoms with van der Waals surface area (Å²) >= 11 is 0. The van der Waals surface area contributed by atoms with Gasteiger partial charge < -0.3 is 41.5 Å². The first kappa shape index (κ1) is 42.2. The molecule has 0 aromatic heterocycles. The minimum absolute atomic E-state index is 0.00926. The molecular weight excluding hydrogens is 646 g/mol. The quantitative estimate of drug-likeness (QED) is 0.125. The number of hydrogen-bond acceptors (Lipinski definition) is 9. The number of nitrogens with one attached hydrogen (secondary N) is 4. The molecule has 0 radical (unpaired) electrons. The number of fused-ring (bicyclic) bond motifs is 2. The number of likely N-dealkylation sites (tertiary alicyclic amines) is 1. The van der Waals surface area contributed by atoms with Crippen molar-refractivity contribution in [3.05, 3.63) is 12.2 Å². The number of nitrogens with two attached hydrogens (primary N) is 1. The highest BCUT2D eigenvalue weighted by Gasteiger charge is 2.48. The molecular formula is C35H59N7O8. The number of amides is 6. The van der Waals surface area contributed by atoms with Crippen LogP contribution in [0.15, 0.2) is 12.2 Å². The van der Waals surface area contributed by atoms with Gasteiger partial charge in [-0.25, -0.2) is 4.79 Å². The second-order valence-electron chi connectivity index (χ2n) is 14.3. The second-order valence-corrected chi connectivity index (χ2v) is 14.3. The zero-order valence-electron chi connectivity index (χ0n) is 31.3. The van der Waals surface area contributed by atoms with Crippen molar-refractivity contribution >= 4 is 41.4 Å². The Bertz CT molecular complexity index is 1290. The van der Waals surface area contributed by atoms with Crippen LogP contribution in [-0.4, -0.2) is 113 Å². The van der Waals surface area contributed by atoms with Gasteiger partial charge in [0.05, 0.1) is 19.2 Å². The molecule has 2 heterocycles. The number of hydrogen-bond donors (Lipinski definition) is 5. The lowest BCUT2D eigenvalue weighted by Gasteiger charge is -2.48. The fourth-order valence-electron chi connectivity index (χ4n) is 6.58. The summed E-state index contributed by atoms with van der Waals surface area (Å²) in [4.78, 5) is 97.8. The van der Waals surface area contributed by atoms with E-state index in [9.17, 15) is 33.6 Å². The molecule has 50 heavy (non-hydrogen) atoms. The van der Waals surface area contributed by atoms with Crippen molar-refractivity contribution in [2.24, 2.45) is 23.5 Å². The van der Waals surface area contributed by atoms with Crippen molar-refractivity contribution in [1.29, 1.82) is 0 Å². The van der Waals surface area contributed by atoms with E-state index in [1.807, 2.05) is 32.9 Å². The minimum Gasteiger partial charge on any atom is -0.467 e. The SMILES string of the molecule is CC=CCC(C)C(NC(=O)C(C(C)C)N1CC2CC(NC(=O)C(CC(C)C)NC(=O)C(C)N2C(=O)C(C)N)C1=O)C(=O)NC(CC)C(=O)OC. The van der Waals surface area contributed by atoms with Crippen LogP contribution in [-0.2, 0) is 38.3 Å². The van der Waals surface area contributed by atoms with Gasteiger partial charge in [-0.2, -0.15) is 0 Å². The van der Waals surface area contributed by atoms with Gasteiger partial charge in [-0.15, -0.1) is 0 Å².